The van der Waals surface area contributed by atoms with Gasteiger partial charge in [-0.15, -0.1) is 0 Å². The lowest BCUT2D eigenvalue weighted by Gasteiger charge is -2.16. The number of nitrogens with one attached hydrogen (secondary N) is 2. The Morgan fingerprint density at radius 2 is 1.81 bits per heavy atom. The van der Waals surface area contributed by atoms with Crippen LogP contribution in [0.4, 0.5) is 4.79 Å². The lowest BCUT2D eigenvalue weighted by Crippen LogP contribution is -2.38. The van der Waals surface area contributed by atoms with E-state index in [4.69, 9.17) is 5.11 Å². The zero-order valence-corrected chi connectivity index (χ0v) is 12.0. The molecule has 0 saturated carbocycles. The van der Waals surface area contributed by atoms with E-state index in [0.29, 0.717) is 13.1 Å². The molecule has 0 aromatic heterocycles. The number of carbonyl (C=O) groups excluding carboxylic acids is 2. The number of aromatic carboxylic acids is 1. The molecule has 21 heavy (non-hydrogen) atoms. The first kappa shape index (κ1) is 16.6. The van der Waals surface area contributed by atoms with Crippen LogP contribution in [0.15, 0.2) is 24.3 Å². The van der Waals surface area contributed by atoms with E-state index >= 15 is 0 Å². The van der Waals surface area contributed by atoms with Crippen molar-refractivity contribution in [1.29, 1.82) is 0 Å². The van der Waals surface area contributed by atoms with Gasteiger partial charge in [-0.3, -0.25) is 10.1 Å². The van der Waals surface area contributed by atoms with Crippen molar-refractivity contribution in [3.05, 3.63) is 35.4 Å². The highest BCUT2D eigenvalue weighted by Crippen LogP contribution is 2.07. The van der Waals surface area contributed by atoms with Crippen LogP contribution in [0.25, 0.3) is 0 Å². The van der Waals surface area contributed by atoms with Gasteiger partial charge in [-0.25, -0.2) is 9.59 Å². The van der Waals surface area contributed by atoms with E-state index in [1.54, 1.807) is 24.3 Å². The maximum absolute atomic E-state index is 11.4. The predicted molar refractivity (Wildman–Crippen MR) is 77.0 cm³/mol. The summed E-state index contributed by atoms with van der Waals surface area (Å²) in [5.74, 6) is -1.30. The van der Waals surface area contributed by atoms with Crippen molar-refractivity contribution in [2.75, 3.05) is 20.6 Å². The number of hydrogen-bond donors (Lipinski definition) is 3. The van der Waals surface area contributed by atoms with Gasteiger partial charge in [0.15, 0.2) is 0 Å². The molecule has 3 N–H and O–H groups in total. The van der Waals surface area contributed by atoms with E-state index < -0.39 is 12.0 Å². The molecule has 1 aromatic rings. The summed E-state index contributed by atoms with van der Waals surface area (Å²) in [4.78, 5) is 35.0. The Morgan fingerprint density at radius 1 is 1.19 bits per heavy atom. The molecule has 0 atom stereocenters. The van der Waals surface area contributed by atoms with Gasteiger partial charge in [0.1, 0.15) is 0 Å². The van der Waals surface area contributed by atoms with Crippen LogP contribution in [0.1, 0.15) is 22.3 Å². The van der Waals surface area contributed by atoms with Crippen LogP contribution in [-0.4, -0.2) is 48.6 Å². The Hall–Kier alpha value is -2.41. The highest BCUT2D eigenvalue weighted by molar-refractivity contribution is 5.94. The highest BCUT2D eigenvalue weighted by atomic mass is 16.4. The van der Waals surface area contributed by atoms with Gasteiger partial charge in [0.05, 0.1) is 5.56 Å². The van der Waals surface area contributed by atoms with Crippen molar-refractivity contribution in [3.8, 4) is 0 Å². The summed E-state index contributed by atoms with van der Waals surface area (Å²) in [6.45, 7) is 1.08. The maximum atomic E-state index is 11.4. The van der Waals surface area contributed by atoms with Crippen LogP contribution in [0.3, 0.4) is 0 Å². The fourth-order valence-electron chi connectivity index (χ4n) is 1.69. The number of rotatable bonds is 6. The highest BCUT2D eigenvalue weighted by Gasteiger charge is 2.08. The fourth-order valence-corrected chi connectivity index (χ4v) is 1.69. The number of nitrogens with zero attached hydrogens (tertiary/aromatic N) is 1. The fraction of sp³-hybridized carbons (Fsp3) is 0.357. The van der Waals surface area contributed by atoms with Crippen LogP contribution >= 0.6 is 0 Å². The molecule has 0 saturated heterocycles. The van der Waals surface area contributed by atoms with Gasteiger partial charge < -0.3 is 15.3 Å². The van der Waals surface area contributed by atoms with Gasteiger partial charge in [0.25, 0.3) is 0 Å². The Balaban J connectivity index is 2.39. The number of urea groups is 1. The third kappa shape index (κ3) is 6.05. The van der Waals surface area contributed by atoms with Crippen molar-refractivity contribution >= 4 is 17.9 Å². The van der Waals surface area contributed by atoms with Gasteiger partial charge in [0.2, 0.25) is 5.91 Å². The Kier molecular flexibility index (Phi) is 6.35. The van der Waals surface area contributed by atoms with Crippen molar-refractivity contribution < 1.29 is 19.5 Å². The average molecular weight is 293 g/mol. The normalized spacial score (nSPS) is 10.2. The summed E-state index contributed by atoms with van der Waals surface area (Å²) in [5, 5.41) is 13.3. The van der Waals surface area contributed by atoms with Crippen molar-refractivity contribution in [1.82, 2.24) is 15.5 Å². The van der Waals surface area contributed by atoms with Crippen molar-refractivity contribution in [3.63, 3.8) is 0 Å². The second-order valence-electron chi connectivity index (χ2n) is 4.62. The second kappa shape index (κ2) is 8.01. The van der Waals surface area contributed by atoms with Crippen LogP contribution < -0.4 is 10.6 Å². The first-order valence-electron chi connectivity index (χ1n) is 6.44. The molecule has 0 fully saturated rings. The first-order valence-corrected chi connectivity index (χ1v) is 6.44. The average Bonchev–Trinajstić information content (AvgIpc) is 2.45. The van der Waals surface area contributed by atoms with E-state index in [-0.39, 0.29) is 17.9 Å². The molecule has 0 bridgehead atoms. The minimum atomic E-state index is -0.958. The van der Waals surface area contributed by atoms with Gasteiger partial charge in [0, 0.05) is 26.6 Å². The number of amides is 3. The number of benzene rings is 1. The van der Waals surface area contributed by atoms with E-state index in [9.17, 15) is 14.4 Å². The molecular weight excluding hydrogens is 274 g/mol. The summed E-state index contributed by atoms with van der Waals surface area (Å²) < 4.78 is 0. The zero-order valence-electron chi connectivity index (χ0n) is 12.0. The van der Waals surface area contributed by atoms with Gasteiger partial charge in [-0.1, -0.05) is 12.1 Å². The molecule has 3 amide bonds. The van der Waals surface area contributed by atoms with Crippen LogP contribution in [0.2, 0.25) is 0 Å². The van der Waals surface area contributed by atoms with Gasteiger partial charge >= 0.3 is 12.0 Å². The molecule has 0 heterocycles. The topological polar surface area (TPSA) is 98.7 Å². The van der Waals surface area contributed by atoms with Crippen molar-refractivity contribution in [2.24, 2.45) is 0 Å². The zero-order chi connectivity index (χ0) is 15.8. The smallest absolute Gasteiger partial charge is 0.335 e. The van der Waals surface area contributed by atoms with Gasteiger partial charge in [-0.05, 0) is 24.7 Å². The standard InChI is InChI=1S/C14H19N3O4/c1-15-14(21)16-12(18)7-8-17(2)9-10-3-5-11(6-4-10)13(19)20/h3-6H,7-9H2,1-2H3,(H,19,20)(H2,15,16,18,21). The summed E-state index contributed by atoms with van der Waals surface area (Å²) in [7, 11) is 3.29. The second-order valence-corrected chi connectivity index (χ2v) is 4.62. The number of imide groups is 1. The third-order valence-corrected chi connectivity index (χ3v) is 2.85. The van der Waals surface area contributed by atoms with Crippen LogP contribution in [0.5, 0.6) is 0 Å². The monoisotopic (exact) mass is 293 g/mol. The molecule has 7 heteroatoms. The molecule has 1 aromatic carbocycles. The summed E-state index contributed by atoms with van der Waals surface area (Å²) in [5.41, 5.74) is 1.19. The molecular formula is C14H19N3O4. The molecule has 0 spiro atoms. The Morgan fingerprint density at radius 3 is 2.33 bits per heavy atom. The third-order valence-electron chi connectivity index (χ3n) is 2.85. The molecule has 0 unspecified atom stereocenters. The molecule has 0 aliphatic heterocycles. The van der Waals surface area contributed by atoms with E-state index in [1.807, 2.05) is 11.9 Å². The number of hydrogen-bond acceptors (Lipinski definition) is 4. The molecule has 0 aliphatic carbocycles. The number of carboxylic acids is 1. The predicted octanol–water partition coefficient (Wildman–Crippen LogP) is 0.662. The largest absolute Gasteiger partial charge is 0.478 e. The Bertz CT molecular complexity index is 513. The number of carboxylic acid groups (broad SMARTS) is 1. The van der Waals surface area contributed by atoms with Crippen LogP contribution in [0, 0.1) is 0 Å². The van der Waals surface area contributed by atoms with E-state index in [2.05, 4.69) is 10.6 Å². The maximum Gasteiger partial charge on any atom is 0.335 e. The Labute approximate surface area is 122 Å². The minimum absolute atomic E-state index is 0.205. The molecule has 0 radical (unpaired) electrons. The van der Waals surface area contributed by atoms with E-state index in [0.717, 1.165) is 5.56 Å². The lowest BCUT2D eigenvalue weighted by atomic mass is 10.1. The van der Waals surface area contributed by atoms with Crippen molar-refractivity contribution in [2.45, 2.75) is 13.0 Å². The summed E-state index contributed by atoms with van der Waals surface area (Å²) in [6.07, 6.45) is 0.205. The molecule has 0 aliphatic rings. The molecule has 7 nitrogen and oxygen atoms in total. The first-order chi connectivity index (χ1) is 9.92. The SMILES string of the molecule is CNC(=O)NC(=O)CCN(C)Cc1ccc(C(=O)O)cc1. The van der Waals surface area contributed by atoms with Crippen LogP contribution in [-0.2, 0) is 11.3 Å². The lowest BCUT2D eigenvalue weighted by molar-refractivity contribution is -0.120. The van der Waals surface area contributed by atoms with E-state index in [1.165, 1.54) is 7.05 Å². The minimum Gasteiger partial charge on any atom is -0.478 e. The molecule has 114 valence electrons. The molecule has 1 rings (SSSR count). The summed E-state index contributed by atoms with van der Waals surface area (Å²) >= 11 is 0. The quantitative estimate of drug-likeness (QED) is 0.715. The van der Waals surface area contributed by atoms with Gasteiger partial charge in [-0.2, -0.15) is 0 Å². The summed E-state index contributed by atoms with van der Waals surface area (Å²) in [6, 6.07) is 6.05. The number of carbonyl (C=O) groups is 3.